The summed E-state index contributed by atoms with van der Waals surface area (Å²) in [6.45, 7) is 0. The Bertz CT molecular complexity index is 1180. The van der Waals surface area contributed by atoms with Crippen molar-refractivity contribution in [2.24, 2.45) is 4.36 Å². The summed E-state index contributed by atoms with van der Waals surface area (Å²) in [5.41, 5.74) is 0.708. The number of nitrogens with zero attached hydrogens (tertiary/aromatic N) is 4. The summed E-state index contributed by atoms with van der Waals surface area (Å²) < 4.78 is 63.6. The highest BCUT2D eigenvalue weighted by Gasteiger charge is 2.38. The van der Waals surface area contributed by atoms with Crippen molar-refractivity contribution in [3.8, 4) is 5.75 Å². The van der Waals surface area contributed by atoms with E-state index in [1.54, 1.807) is 0 Å². The van der Waals surface area contributed by atoms with Crippen LogP contribution in [-0.4, -0.2) is 38.6 Å². The normalized spacial score (nSPS) is 13.5. The van der Waals surface area contributed by atoms with Gasteiger partial charge in [0.1, 0.15) is 0 Å². The summed E-state index contributed by atoms with van der Waals surface area (Å²) in [5.74, 6) is -2.04. The van der Waals surface area contributed by atoms with E-state index in [0.29, 0.717) is 5.56 Å². The van der Waals surface area contributed by atoms with Crippen molar-refractivity contribution in [3.63, 3.8) is 0 Å². The van der Waals surface area contributed by atoms with Gasteiger partial charge in [0.05, 0.1) is 27.9 Å². The number of carbonyl (C=O) groups excluding carboxylic acids is 1. The Balaban J connectivity index is 1.79. The summed E-state index contributed by atoms with van der Waals surface area (Å²) >= 11 is 0. The Morgan fingerprint density at radius 1 is 1.23 bits per heavy atom. The topological polar surface area (TPSA) is 108 Å². The molecule has 3 rings (SSSR count). The molecule has 0 N–H and O–H groups in total. The average Bonchev–Trinajstić information content (AvgIpc) is 3.17. The lowest BCUT2D eigenvalue weighted by atomic mass is 10.1. The number of amides is 1. The van der Waals surface area contributed by atoms with E-state index in [1.807, 2.05) is 0 Å². The quantitative estimate of drug-likeness (QED) is 0.599. The minimum atomic E-state index is -4.71. The number of pyridine rings is 1. The van der Waals surface area contributed by atoms with E-state index in [1.165, 1.54) is 56.1 Å². The van der Waals surface area contributed by atoms with Crippen LogP contribution >= 0.6 is 0 Å². The fourth-order valence-electron chi connectivity index (χ4n) is 2.48. The SMILES string of the molecule is COc1cnccc1S(C)(=O)=NC(=O)c1ccc(Cc2noc(C(F)(F)F)n2)cc1. The third-order valence-corrected chi connectivity index (χ3v) is 5.57. The smallest absolute Gasteiger partial charge is 0.471 e. The molecule has 0 fully saturated rings. The first-order chi connectivity index (χ1) is 14.1. The van der Waals surface area contributed by atoms with Crippen molar-refractivity contribution in [2.75, 3.05) is 13.4 Å². The van der Waals surface area contributed by atoms with Gasteiger partial charge in [-0.15, -0.1) is 0 Å². The van der Waals surface area contributed by atoms with E-state index in [-0.39, 0.29) is 28.5 Å². The molecule has 0 radical (unpaired) electrons. The van der Waals surface area contributed by atoms with Crippen LogP contribution in [0.15, 0.2) is 56.5 Å². The van der Waals surface area contributed by atoms with Crippen LogP contribution in [0.25, 0.3) is 0 Å². The van der Waals surface area contributed by atoms with E-state index in [9.17, 15) is 22.2 Å². The van der Waals surface area contributed by atoms with Gasteiger partial charge in [-0.3, -0.25) is 9.78 Å². The number of halogens is 3. The van der Waals surface area contributed by atoms with Gasteiger partial charge in [-0.1, -0.05) is 17.3 Å². The van der Waals surface area contributed by atoms with Gasteiger partial charge in [0.25, 0.3) is 5.91 Å². The van der Waals surface area contributed by atoms with Gasteiger partial charge in [0, 0.05) is 24.4 Å². The molecule has 0 saturated heterocycles. The summed E-state index contributed by atoms with van der Waals surface area (Å²) in [6, 6.07) is 7.32. The van der Waals surface area contributed by atoms with Crippen LogP contribution in [0, 0.1) is 0 Å². The average molecular weight is 440 g/mol. The lowest BCUT2D eigenvalue weighted by molar-refractivity contribution is -0.159. The van der Waals surface area contributed by atoms with Crippen LogP contribution in [0.3, 0.4) is 0 Å². The maximum absolute atomic E-state index is 12.9. The molecule has 0 aliphatic heterocycles. The predicted octanol–water partition coefficient (Wildman–Crippen LogP) is 3.38. The van der Waals surface area contributed by atoms with Gasteiger partial charge in [-0.2, -0.15) is 22.5 Å². The molecule has 12 heteroatoms. The molecule has 0 saturated carbocycles. The number of methoxy groups -OCH3 is 1. The third-order valence-electron chi connectivity index (χ3n) is 3.91. The standard InChI is InChI=1S/C18H15F3N4O4S/c1-28-13-10-22-8-7-14(13)30(2,27)25-16(26)12-5-3-11(4-6-12)9-15-23-17(29-24-15)18(19,20)21/h3-8,10H,9H2,1-2H3. The van der Waals surface area contributed by atoms with Crippen LogP contribution in [0.1, 0.15) is 27.6 Å². The summed E-state index contributed by atoms with van der Waals surface area (Å²) in [6.07, 6.45) is -0.642. The first kappa shape index (κ1) is 21.4. The molecule has 1 unspecified atom stereocenters. The molecular weight excluding hydrogens is 425 g/mol. The first-order valence-corrected chi connectivity index (χ1v) is 10.3. The predicted molar refractivity (Wildman–Crippen MR) is 98.4 cm³/mol. The monoisotopic (exact) mass is 440 g/mol. The molecule has 0 aliphatic carbocycles. The van der Waals surface area contributed by atoms with Crippen molar-refractivity contribution in [1.82, 2.24) is 15.1 Å². The maximum Gasteiger partial charge on any atom is 0.471 e. The molecule has 158 valence electrons. The van der Waals surface area contributed by atoms with Crippen LogP contribution in [-0.2, 0) is 22.3 Å². The summed E-state index contributed by atoms with van der Waals surface area (Å²) in [5, 5.41) is 3.29. The van der Waals surface area contributed by atoms with Gasteiger partial charge >= 0.3 is 12.1 Å². The highest BCUT2D eigenvalue weighted by molar-refractivity contribution is 7.93. The van der Waals surface area contributed by atoms with Gasteiger partial charge in [0.15, 0.2) is 11.6 Å². The molecule has 1 aromatic carbocycles. The Morgan fingerprint density at radius 2 is 1.93 bits per heavy atom. The lowest BCUT2D eigenvalue weighted by Crippen LogP contribution is -2.06. The number of ether oxygens (including phenoxy) is 1. The van der Waals surface area contributed by atoms with Gasteiger partial charge in [-0.25, -0.2) is 4.21 Å². The van der Waals surface area contributed by atoms with Crippen LogP contribution in [0.5, 0.6) is 5.75 Å². The molecular formula is C18H15F3N4O4S. The lowest BCUT2D eigenvalue weighted by Gasteiger charge is -2.08. The Kier molecular flexibility index (Phi) is 5.87. The number of hydrogen-bond donors (Lipinski definition) is 0. The Hall–Kier alpha value is -3.28. The molecule has 0 aliphatic rings. The number of hydrogen-bond acceptors (Lipinski definition) is 7. The highest BCUT2D eigenvalue weighted by Crippen LogP contribution is 2.28. The van der Waals surface area contributed by atoms with Crippen molar-refractivity contribution in [3.05, 3.63) is 65.6 Å². The zero-order valence-corrected chi connectivity index (χ0v) is 16.5. The fraction of sp³-hybridized carbons (Fsp3) is 0.222. The molecule has 1 atom stereocenters. The molecule has 2 heterocycles. The zero-order chi connectivity index (χ0) is 21.9. The molecule has 3 aromatic rings. The minimum Gasteiger partial charge on any atom is -0.494 e. The summed E-state index contributed by atoms with van der Waals surface area (Å²) in [7, 11) is -1.71. The number of carbonyl (C=O) groups is 1. The maximum atomic E-state index is 12.9. The van der Waals surface area contributed by atoms with Crippen LogP contribution in [0.4, 0.5) is 13.2 Å². The Labute approximate surface area is 169 Å². The van der Waals surface area contributed by atoms with Crippen molar-refractivity contribution >= 4 is 15.6 Å². The fourth-order valence-corrected chi connectivity index (χ4v) is 3.83. The van der Waals surface area contributed by atoms with Crippen molar-refractivity contribution in [2.45, 2.75) is 17.5 Å². The van der Waals surface area contributed by atoms with Gasteiger partial charge in [0.2, 0.25) is 0 Å². The minimum absolute atomic E-state index is 0.0239. The van der Waals surface area contributed by atoms with E-state index in [0.717, 1.165) is 0 Å². The number of alkyl halides is 3. The second-order valence-corrected chi connectivity index (χ2v) is 8.34. The number of benzene rings is 1. The second-order valence-electron chi connectivity index (χ2n) is 6.11. The Morgan fingerprint density at radius 3 is 2.53 bits per heavy atom. The van der Waals surface area contributed by atoms with Crippen LogP contribution in [0.2, 0.25) is 0 Å². The second kappa shape index (κ2) is 8.22. The van der Waals surface area contributed by atoms with Crippen molar-refractivity contribution < 1.29 is 31.4 Å². The molecule has 1 amide bonds. The number of rotatable bonds is 5. The van der Waals surface area contributed by atoms with Crippen LogP contribution < -0.4 is 4.74 Å². The molecule has 2 aromatic heterocycles. The van der Waals surface area contributed by atoms with E-state index >= 15 is 0 Å². The molecule has 0 bridgehead atoms. The van der Waals surface area contributed by atoms with Gasteiger partial charge < -0.3 is 9.26 Å². The first-order valence-electron chi connectivity index (χ1n) is 8.33. The largest absolute Gasteiger partial charge is 0.494 e. The summed E-state index contributed by atoms with van der Waals surface area (Å²) in [4.78, 5) is 19.8. The van der Waals surface area contributed by atoms with Gasteiger partial charge in [-0.05, 0) is 23.8 Å². The highest BCUT2D eigenvalue weighted by atomic mass is 32.2. The molecule has 8 nitrogen and oxygen atoms in total. The van der Waals surface area contributed by atoms with Crippen molar-refractivity contribution in [1.29, 1.82) is 0 Å². The molecule has 0 spiro atoms. The third kappa shape index (κ3) is 4.82. The van der Waals surface area contributed by atoms with E-state index < -0.39 is 27.7 Å². The zero-order valence-electron chi connectivity index (χ0n) is 15.7. The van der Waals surface area contributed by atoms with E-state index in [4.69, 9.17) is 4.74 Å². The van der Waals surface area contributed by atoms with E-state index in [2.05, 4.69) is 24.0 Å². The molecule has 30 heavy (non-hydrogen) atoms. The number of aromatic nitrogens is 3.